The van der Waals surface area contributed by atoms with E-state index in [0.717, 1.165) is 48.7 Å². The van der Waals surface area contributed by atoms with Crippen molar-refractivity contribution >= 4 is 5.91 Å². The zero-order chi connectivity index (χ0) is 18.1. The number of H-pyrrole nitrogens is 2. The second-order valence-corrected chi connectivity index (χ2v) is 7.14. The minimum atomic E-state index is -0.124. The number of aromatic amines is 2. The van der Waals surface area contributed by atoms with Gasteiger partial charge in [-0.25, -0.2) is 4.98 Å². The second kappa shape index (κ2) is 7.20. The third kappa shape index (κ3) is 3.14. The van der Waals surface area contributed by atoms with Crippen LogP contribution in [-0.2, 0) is 4.74 Å². The number of carbonyl (C=O) groups is 1. The highest BCUT2D eigenvalue weighted by atomic mass is 16.5. The van der Waals surface area contributed by atoms with Crippen LogP contribution in [0.2, 0.25) is 0 Å². The van der Waals surface area contributed by atoms with Crippen molar-refractivity contribution in [3.63, 3.8) is 0 Å². The van der Waals surface area contributed by atoms with Crippen LogP contribution >= 0.6 is 0 Å². The normalized spacial score (nSPS) is 21.9. The molecule has 2 saturated heterocycles. The highest BCUT2D eigenvalue weighted by molar-refractivity contribution is 5.92. The molecule has 0 spiro atoms. The summed E-state index contributed by atoms with van der Waals surface area (Å²) in [5.41, 5.74) is 3.51. The molecule has 2 fully saturated rings. The van der Waals surface area contributed by atoms with Gasteiger partial charge in [0, 0.05) is 23.7 Å². The van der Waals surface area contributed by atoms with Crippen molar-refractivity contribution in [3.8, 4) is 0 Å². The minimum Gasteiger partial charge on any atom is -0.377 e. The Labute approximate surface area is 152 Å². The summed E-state index contributed by atoms with van der Waals surface area (Å²) < 4.78 is 5.66. The third-order valence-electron chi connectivity index (χ3n) is 5.46. The van der Waals surface area contributed by atoms with Crippen LogP contribution < -0.4 is 5.32 Å². The van der Waals surface area contributed by atoms with Gasteiger partial charge < -0.3 is 19.9 Å². The van der Waals surface area contributed by atoms with E-state index in [9.17, 15) is 4.79 Å². The van der Waals surface area contributed by atoms with Gasteiger partial charge in [0.05, 0.1) is 31.1 Å². The van der Waals surface area contributed by atoms with Crippen molar-refractivity contribution in [2.24, 2.45) is 0 Å². The first-order valence-electron chi connectivity index (χ1n) is 9.31. The van der Waals surface area contributed by atoms with Crippen molar-refractivity contribution in [3.05, 3.63) is 34.7 Å². The quantitative estimate of drug-likeness (QED) is 0.771. The Bertz CT molecular complexity index is 757. The van der Waals surface area contributed by atoms with Crippen molar-refractivity contribution in [1.82, 2.24) is 30.4 Å². The smallest absolute Gasteiger partial charge is 0.272 e. The van der Waals surface area contributed by atoms with Gasteiger partial charge in [-0.3, -0.25) is 9.89 Å². The van der Waals surface area contributed by atoms with Crippen molar-refractivity contribution < 1.29 is 9.53 Å². The van der Waals surface area contributed by atoms with Crippen LogP contribution in [0.4, 0.5) is 0 Å². The Morgan fingerprint density at radius 1 is 1.31 bits per heavy atom. The zero-order valence-corrected chi connectivity index (χ0v) is 15.3. The Kier molecular flexibility index (Phi) is 4.78. The molecule has 8 heteroatoms. The molecule has 1 atom stereocenters. The molecular formula is C18H26N6O2. The molecule has 0 radical (unpaired) electrons. The van der Waals surface area contributed by atoms with Crippen LogP contribution in [0.3, 0.4) is 0 Å². The van der Waals surface area contributed by atoms with E-state index < -0.39 is 0 Å². The molecule has 8 nitrogen and oxygen atoms in total. The number of carbonyl (C=O) groups excluding carboxylic acids is 1. The Morgan fingerprint density at radius 3 is 2.85 bits per heavy atom. The van der Waals surface area contributed by atoms with Gasteiger partial charge in [-0.2, -0.15) is 5.10 Å². The van der Waals surface area contributed by atoms with E-state index in [1.807, 2.05) is 18.7 Å². The average molecular weight is 358 g/mol. The number of morpholine rings is 1. The topological polar surface area (TPSA) is 98.9 Å². The Hall–Kier alpha value is -2.19. The van der Waals surface area contributed by atoms with Gasteiger partial charge in [-0.1, -0.05) is 0 Å². The van der Waals surface area contributed by atoms with E-state index in [2.05, 4.69) is 25.5 Å². The number of rotatable bonds is 3. The number of aromatic nitrogens is 4. The monoisotopic (exact) mass is 358 g/mol. The van der Waals surface area contributed by atoms with Gasteiger partial charge in [0.15, 0.2) is 0 Å². The summed E-state index contributed by atoms with van der Waals surface area (Å²) in [5.74, 6) is 1.30. The average Bonchev–Trinajstić information content (AvgIpc) is 3.29. The zero-order valence-electron chi connectivity index (χ0n) is 15.3. The summed E-state index contributed by atoms with van der Waals surface area (Å²) in [6.45, 7) is 7.54. The lowest BCUT2D eigenvalue weighted by atomic mass is 9.98. The molecule has 0 bridgehead atoms. The highest BCUT2D eigenvalue weighted by Gasteiger charge is 2.33. The molecule has 0 aromatic carbocycles. The molecule has 2 aromatic rings. The number of nitrogens with zero attached hydrogens (tertiary/aromatic N) is 3. The van der Waals surface area contributed by atoms with Crippen LogP contribution in [0.15, 0.2) is 6.20 Å². The summed E-state index contributed by atoms with van der Waals surface area (Å²) in [5, 5.41) is 10.6. The number of piperidine rings is 1. The maximum absolute atomic E-state index is 13.2. The number of hydrogen-bond donors (Lipinski definition) is 3. The third-order valence-corrected chi connectivity index (χ3v) is 5.46. The number of nitrogens with one attached hydrogen (secondary N) is 3. The summed E-state index contributed by atoms with van der Waals surface area (Å²) in [6, 6.07) is -0.124. The van der Waals surface area contributed by atoms with Crippen molar-refractivity contribution in [2.45, 2.75) is 38.6 Å². The van der Waals surface area contributed by atoms with E-state index in [4.69, 9.17) is 4.74 Å². The Balaban J connectivity index is 1.57. The van der Waals surface area contributed by atoms with Gasteiger partial charge in [-0.15, -0.1) is 0 Å². The Morgan fingerprint density at radius 2 is 2.12 bits per heavy atom. The van der Waals surface area contributed by atoms with Crippen molar-refractivity contribution in [2.75, 3.05) is 32.8 Å². The first-order chi connectivity index (χ1) is 12.6. The molecule has 4 heterocycles. The van der Waals surface area contributed by atoms with Gasteiger partial charge in [0.2, 0.25) is 0 Å². The largest absolute Gasteiger partial charge is 0.377 e. The van der Waals surface area contributed by atoms with Gasteiger partial charge >= 0.3 is 0 Å². The van der Waals surface area contributed by atoms with Crippen LogP contribution in [-0.4, -0.2) is 63.8 Å². The van der Waals surface area contributed by atoms with E-state index in [1.54, 1.807) is 6.20 Å². The van der Waals surface area contributed by atoms with Gasteiger partial charge in [0.25, 0.3) is 5.91 Å². The minimum absolute atomic E-state index is 0.0222. The molecule has 2 aliphatic heterocycles. The fourth-order valence-corrected chi connectivity index (χ4v) is 4.04. The molecular weight excluding hydrogens is 332 g/mol. The molecule has 3 N–H and O–H groups in total. The molecule has 140 valence electrons. The number of ether oxygens (including phenoxy) is 1. The maximum atomic E-state index is 13.2. The van der Waals surface area contributed by atoms with Gasteiger partial charge in [-0.05, 0) is 39.8 Å². The van der Waals surface area contributed by atoms with E-state index in [0.29, 0.717) is 31.4 Å². The van der Waals surface area contributed by atoms with E-state index in [-0.39, 0.29) is 11.9 Å². The highest BCUT2D eigenvalue weighted by Crippen LogP contribution is 2.30. The lowest BCUT2D eigenvalue weighted by Crippen LogP contribution is -2.44. The van der Waals surface area contributed by atoms with Gasteiger partial charge in [0.1, 0.15) is 11.5 Å². The molecule has 1 amide bonds. The molecule has 2 aromatic heterocycles. The van der Waals surface area contributed by atoms with Crippen LogP contribution in [0.5, 0.6) is 0 Å². The molecule has 0 saturated carbocycles. The second-order valence-electron chi connectivity index (χ2n) is 7.14. The fourth-order valence-electron chi connectivity index (χ4n) is 4.04. The summed E-state index contributed by atoms with van der Waals surface area (Å²) in [6.07, 6.45) is 3.78. The number of amides is 1. The summed E-state index contributed by atoms with van der Waals surface area (Å²) in [4.78, 5) is 22.8. The lowest BCUT2D eigenvalue weighted by Gasteiger charge is -2.35. The predicted molar refractivity (Wildman–Crippen MR) is 96.1 cm³/mol. The SMILES string of the molecule is Cc1n[nH]c(C)c1C1COCCN1C(=O)c1cnc(C2CCNCC2)[nH]1. The molecule has 1 unspecified atom stereocenters. The molecule has 26 heavy (non-hydrogen) atoms. The molecule has 4 rings (SSSR count). The van der Waals surface area contributed by atoms with Crippen molar-refractivity contribution in [1.29, 1.82) is 0 Å². The van der Waals surface area contributed by atoms with Crippen LogP contribution in [0.1, 0.15) is 58.1 Å². The van der Waals surface area contributed by atoms with Crippen LogP contribution in [0, 0.1) is 13.8 Å². The maximum Gasteiger partial charge on any atom is 0.272 e. The molecule has 2 aliphatic rings. The predicted octanol–water partition coefficient (Wildman–Crippen LogP) is 1.43. The van der Waals surface area contributed by atoms with E-state index >= 15 is 0 Å². The standard InChI is InChI=1S/C18H26N6O2/c1-11-16(12(2)23-22-11)15-10-26-8-7-24(15)18(25)14-9-20-17(21-14)13-3-5-19-6-4-13/h9,13,15,19H,3-8,10H2,1-2H3,(H,20,21)(H,22,23). The summed E-state index contributed by atoms with van der Waals surface area (Å²) >= 11 is 0. The van der Waals surface area contributed by atoms with Crippen LogP contribution in [0.25, 0.3) is 0 Å². The molecule has 0 aliphatic carbocycles. The first kappa shape index (κ1) is 17.2. The summed E-state index contributed by atoms with van der Waals surface area (Å²) in [7, 11) is 0. The lowest BCUT2D eigenvalue weighted by molar-refractivity contribution is -0.00330. The number of aryl methyl sites for hydroxylation is 2. The number of imidazole rings is 1. The first-order valence-corrected chi connectivity index (χ1v) is 9.31. The van der Waals surface area contributed by atoms with E-state index in [1.165, 1.54) is 0 Å². The number of hydrogen-bond acceptors (Lipinski definition) is 5. The fraction of sp³-hybridized carbons (Fsp3) is 0.611.